The molecular weight excluding hydrogens is 138 g/mol. The summed E-state index contributed by atoms with van der Waals surface area (Å²) in [5.74, 6) is 0.801. The van der Waals surface area contributed by atoms with Crippen molar-refractivity contribution in [3.63, 3.8) is 0 Å². The first-order chi connectivity index (χ1) is 5.36. The van der Waals surface area contributed by atoms with Gasteiger partial charge in [-0.3, -0.25) is 0 Å². The third-order valence-electron chi connectivity index (χ3n) is 2.43. The van der Waals surface area contributed by atoms with Gasteiger partial charge in [0.15, 0.2) is 0 Å². The Balaban J connectivity index is 2.16. The minimum atomic E-state index is 0.801. The average Bonchev–Trinajstić information content (AvgIpc) is 2.52. The minimum Gasteiger partial charge on any atom is -0.381 e. The summed E-state index contributed by atoms with van der Waals surface area (Å²) in [6.07, 6.45) is 1.26. The first-order valence-corrected chi connectivity index (χ1v) is 4.66. The summed E-state index contributed by atoms with van der Waals surface area (Å²) < 4.78 is 5.32. The third kappa shape index (κ3) is 2.80. The summed E-state index contributed by atoms with van der Waals surface area (Å²) in [6, 6.07) is 0. The average molecular weight is 157 g/mol. The van der Waals surface area contributed by atoms with Crippen molar-refractivity contribution in [1.29, 1.82) is 0 Å². The SMILES string of the molecule is CCN(CC)CC1CCOC1. The number of ether oxygens (including phenoxy) is 1. The molecule has 1 aliphatic rings. The first-order valence-electron chi connectivity index (χ1n) is 4.66. The molecule has 1 heterocycles. The number of hydrogen-bond acceptors (Lipinski definition) is 2. The largest absolute Gasteiger partial charge is 0.381 e. The van der Waals surface area contributed by atoms with E-state index in [2.05, 4.69) is 18.7 Å². The molecule has 1 unspecified atom stereocenters. The molecule has 0 amide bonds. The molecule has 0 aromatic heterocycles. The molecule has 0 spiro atoms. The van der Waals surface area contributed by atoms with E-state index >= 15 is 0 Å². The Labute approximate surface area is 69.5 Å². The number of rotatable bonds is 4. The lowest BCUT2D eigenvalue weighted by atomic mass is 10.1. The topological polar surface area (TPSA) is 12.5 Å². The van der Waals surface area contributed by atoms with E-state index in [1.165, 1.54) is 26.1 Å². The van der Waals surface area contributed by atoms with Gasteiger partial charge in [0.05, 0.1) is 6.61 Å². The molecule has 0 saturated carbocycles. The van der Waals surface area contributed by atoms with Crippen molar-refractivity contribution in [1.82, 2.24) is 4.90 Å². The maximum Gasteiger partial charge on any atom is 0.0507 e. The molecule has 2 heteroatoms. The van der Waals surface area contributed by atoms with E-state index in [9.17, 15) is 0 Å². The van der Waals surface area contributed by atoms with Gasteiger partial charge in [-0.15, -0.1) is 0 Å². The molecule has 11 heavy (non-hydrogen) atoms. The molecule has 0 radical (unpaired) electrons. The number of hydrogen-bond donors (Lipinski definition) is 0. The standard InChI is InChI=1S/C9H19NO/c1-3-10(4-2)7-9-5-6-11-8-9/h9H,3-8H2,1-2H3. The summed E-state index contributed by atoms with van der Waals surface area (Å²) in [5.41, 5.74) is 0. The van der Waals surface area contributed by atoms with Gasteiger partial charge in [-0.05, 0) is 25.4 Å². The van der Waals surface area contributed by atoms with Crippen LogP contribution in [-0.4, -0.2) is 37.7 Å². The summed E-state index contributed by atoms with van der Waals surface area (Å²) in [5, 5.41) is 0. The quantitative estimate of drug-likeness (QED) is 0.611. The van der Waals surface area contributed by atoms with E-state index in [0.29, 0.717) is 0 Å². The second-order valence-corrected chi connectivity index (χ2v) is 3.22. The molecule has 0 N–H and O–H groups in total. The summed E-state index contributed by atoms with van der Waals surface area (Å²) >= 11 is 0. The Hall–Kier alpha value is -0.0800. The van der Waals surface area contributed by atoms with Gasteiger partial charge in [-0.25, -0.2) is 0 Å². The Morgan fingerprint density at radius 2 is 2.09 bits per heavy atom. The zero-order chi connectivity index (χ0) is 8.10. The van der Waals surface area contributed by atoms with Crippen LogP contribution < -0.4 is 0 Å². The predicted octanol–water partition coefficient (Wildman–Crippen LogP) is 1.36. The Bertz CT molecular complexity index is 95.7. The highest BCUT2D eigenvalue weighted by Crippen LogP contribution is 2.13. The molecule has 1 rings (SSSR count). The summed E-state index contributed by atoms with van der Waals surface area (Å²) in [6.45, 7) is 9.98. The van der Waals surface area contributed by atoms with Crippen LogP contribution in [0, 0.1) is 5.92 Å². The van der Waals surface area contributed by atoms with Gasteiger partial charge >= 0.3 is 0 Å². The monoisotopic (exact) mass is 157 g/mol. The van der Waals surface area contributed by atoms with Crippen molar-refractivity contribution in [3.8, 4) is 0 Å². The molecule has 66 valence electrons. The van der Waals surface area contributed by atoms with E-state index in [4.69, 9.17) is 4.74 Å². The number of nitrogens with zero attached hydrogens (tertiary/aromatic N) is 1. The Morgan fingerprint density at radius 1 is 1.36 bits per heavy atom. The molecular formula is C9H19NO. The van der Waals surface area contributed by atoms with Crippen LogP contribution >= 0.6 is 0 Å². The van der Waals surface area contributed by atoms with Gasteiger partial charge in [0, 0.05) is 13.2 Å². The minimum absolute atomic E-state index is 0.801. The first kappa shape index (κ1) is 9.01. The Morgan fingerprint density at radius 3 is 2.55 bits per heavy atom. The van der Waals surface area contributed by atoms with E-state index in [0.717, 1.165) is 19.1 Å². The molecule has 2 nitrogen and oxygen atoms in total. The third-order valence-corrected chi connectivity index (χ3v) is 2.43. The fraction of sp³-hybridized carbons (Fsp3) is 1.00. The van der Waals surface area contributed by atoms with Crippen molar-refractivity contribution in [2.75, 3.05) is 32.8 Å². The molecule has 0 aromatic rings. The van der Waals surface area contributed by atoms with Crippen LogP contribution in [-0.2, 0) is 4.74 Å². The maximum absolute atomic E-state index is 5.32. The lowest BCUT2D eigenvalue weighted by Gasteiger charge is -2.20. The van der Waals surface area contributed by atoms with Gasteiger partial charge in [0.25, 0.3) is 0 Å². The molecule has 1 aliphatic heterocycles. The van der Waals surface area contributed by atoms with E-state index in [1.807, 2.05) is 0 Å². The van der Waals surface area contributed by atoms with E-state index in [1.54, 1.807) is 0 Å². The molecule has 0 aliphatic carbocycles. The van der Waals surface area contributed by atoms with Crippen LogP contribution in [0.2, 0.25) is 0 Å². The highest BCUT2D eigenvalue weighted by molar-refractivity contribution is 4.68. The van der Waals surface area contributed by atoms with E-state index in [-0.39, 0.29) is 0 Å². The zero-order valence-electron chi connectivity index (χ0n) is 7.68. The van der Waals surface area contributed by atoms with Crippen molar-refractivity contribution < 1.29 is 4.74 Å². The normalized spacial score (nSPS) is 24.8. The highest BCUT2D eigenvalue weighted by atomic mass is 16.5. The molecule has 1 fully saturated rings. The van der Waals surface area contributed by atoms with Crippen LogP contribution in [0.4, 0.5) is 0 Å². The van der Waals surface area contributed by atoms with Gasteiger partial charge in [0.2, 0.25) is 0 Å². The van der Waals surface area contributed by atoms with E-state index < -0.39 is 0 Å². The second-order valence-electron chi connectivity index (χ2n) is 3.22. The molecule has 0 bridgehead atoms. The fourth-order valence-electron chi connectivity index (χ4n) is 1.57. The maximum atomic E-state index is 5.32. The second kappa shape index (κ2) is 4.73. The van der Waals surface area contributed by atoms with Crippen molar-refractivity contribution >= 4 is 0 Å². The summed E-state index contributed by atoms with van der Waals surface area (Å²) in [7, 11) is 0. The van der Waals surface area contributed by atoms with Gasteiger partial charge in [-0.2, -0.15) is 0 Å². The summed E-state index contributed by atoms with van der Waals surface area (Å²) in [4.78, 5) is 2.47. The van der Waals surface area contributed by atoms with Crippen molar-refractivity contribution in [2.45, 2.75) is 20.3 Å². The van der Waals surface area contributed by atoms with Crippen LogP contribution in [0.5, 0.6) is 0 Å². The van der Waals surface area contributed by atoms with Gasteiger partial charge < -0.3 is 9.64 Å². The molecule has 1 atom stereocenters. The van der Waals surface area contributed by atoms with Crippen LogP contribution in [0.15, 0.2) is 0 Å². The fourth-order valence-corrected chi connectivity index (χ4v) is 1.57. The lowest BCUT2D eigenvalue weighted by molar-refractivity contribution is 0.170. The van der Waals surface area contributed by atoms with Gasteiger partial charge in [-0.1, -0.05) is 13.8 Å². The van der Waals surface area contributed by atoms with Crippen LogP contribution in [0.1, 0.15) is 20.3 Å². The van der Waals surface area contributed by atoms with Crippen molar-refractivity contribution in [3.05, 3.63) is 0 Å². The molecule has 0 aromatic carbocycles. The van der Waals surface area contributed by atoms with Crippen LogP contribution in [0.25, 0.3) is 0 Å². The van der Waals surface area contributed by atoms with Crippen LogP contribution in [0.3, 0.4) is 0 Å². The highest BCUT2D eigenvalue weighted by Gasteiger charge is 2.17. The predicted molar refractivity (Wildman–Crippen MR) is 46.7 cm³/mol. The smallest absolute Gasteiger partial charge is 0.0507 e. The zero-order valence-corrected chi connectivity index (χ0v) is 7.68. The molecule has 1 saturated heterocycles. The lowest BCUT2D eigenvalue weighted by Crippen LogP contribution is -2.29. The Kier molecular flexibility index (Phi) is 3.87. The van der Waals surface area contributed by atoms with Crippen molar-refractivity contribution in [2.24, 2.45) is 5.92 Å². The van der Waals surface area contributed by atoms with Gasteiger partial charge in [0.1, 0.15) is 0 Å².